The van der Waals surface area contributed by atoms with Crippen molar-refractivity contribution in [2.75, 3.05) is 6.26 Å². The minimum Gasteiger partial charge on any atom is -0.266 e. The van der Waals surface area contributed by atoms with E-state index in [1.54, 1.807) is 12.3 Å². The molecule has 0 saturated carbocycles. The topological polar surface area (TPSA) is 42.3 Å². The van der Waals surface area contributed by atoms with E-state index < -0.39 is 33.9 Å². The average molecular weight is 318 g/mol. The lowest BCUT2D eigenvalue weighted by Crippen LogP contribution is -2.12. The Balaban J connectivity index is 2.38. The summed E-state index contributed by atoms with van der Waals surface area (Å²) in [7, 11) is -0.777. The Bertz CT molecular complexity index is 651. The van der Waals surface area contributed by atoms with E-state index in [2.05, 4.69) is 9.35 Å². The van der Waals surface area contributed by atoms with Crippen LogP contribution in [0.2, 0.25) is 0 Å². The third kappa shape index (κ3) is 3.31. The minimum absolute atomic E-state index is 0.519. The van der Waals surface area contributed by atoms with Crippen LogP contribution in [0.15, 0.2) is 44.5 Å². The quantitative estimate of drug-likeness (QED) is 0.845. The largest absolute Gasteiger partial charge is 0.417 e. The molecule has 0 saturated heterocycles. The average Bonchev–Trinajstić information content (AvgIpc) is 2.91. The number of thiophene rings is 1. The second-order valence-electron chi connectivity index (χ2n) is 3.75. The molecule has 8 heteroatoms. The second-order valence-corrected chi connectivity index (χ2v) is 6.14. The number of nitrogens with zero attached hydrogens (tertiary/aromatic N) is 2. The molecule has 0 N–H and O–H groups in total. The predicted molar refractivity (Wildman–Crippen MR) is 71.9 cm³/mol. The number of pyridine rings is 1. The lowest BCUT2D eigenvalue weighted by atomic mass is 10.1. The van der Waals surface area contributed by atoms with Crippen molar-refractivity contribution in [2.45, 2.75) is 11.1 Å². The number of carbonyl (C=O) groups is 1. The summed E-state index contributed by atoms with van der Waals surface area (Å²) in [4.78, 5) is 16.3. The van der Waals surface area contributed by atoms with Gasteiger partial charge in [0.25, 0.3) is 5.91 Å². The Morgan fingerprint density at radius 3 is 2.75 bits per heavy atom. The van der Waals surface area contributed by atoms with Crippen LogP contribution in [-0.2, 0) is 16.9 Å². The van der Waals surface area contributed by atoms with Crippen LogP contribution in [0, 0.1) is 0 Å². The lowest BCUT2D eigenvalue weighted by molar-refractivity contribution is -0.138. The van der Waals surface area contributed by atoms with Crippen molar-refractivity contribution in [3.8, 4) is 0 Å². The Hall–Kier alpha value is -1.54. The Morgan fingerprint density at radius 2 is 2.15 bits per heavy atom. The number of halogens is 3. The van der Waals surface area contributed by atoms with Crippen molar-refractivity contribution in [3.63, 3.8) is 0 Å². The van der Waals surface area contributed by atoms with Crippen LogP contribution >= 0.6 is 11.3 Å². The van der Waals surface area contributed by atoms with E-state index in [-0.39, 0.29) is 0 Å². The smallest absolute Gasteiger partial charge is 0.266 e. The van der Waals surface area contributed by atoms with Gasteiger partial charge in [0.2, 0.25) is 0 Å². The van der Waals surface area contributed by atoms with Gasteiger partial charge in [-0.15, -0.1) is 0 Å². The number of carbonyl (C=O) groups excluding carboxylic acids is 1. The molecule has 2 rings (SSSR count). The number of aromatic nitrogens is 1. The van der Waals surface area contributed by atoms with Crippen LogP contribution in [0.5, 0.6) is 0 Å². The lowest BCUT2D eigenvalue weighted by Gasteiger charge is -2.09. The summed E-state index contributed by atoms with van der Waals surface area (Å²) in [5.41, 5.74) is -1.53. The number of rotatable bonds is 2. The zero-order chi connectivity index (χ0) is 14.8. The molecule has 0 spiro atoms. The SMILES string of the molecule is CS(=NC(=O)c1cnccc1C(F)(F)F)c1ccsc1. The number of amides is 1. The maximum Gasteiger partial charge on any atom is 0.417 e. The molecule has 1 amide bonds. The molecule has 0 radical (unpaired) electrons. The van der Waals surface area contributed by atoms with Crippen LogP contribution in [0.25, 0.3) is 0 Å². The summed E-state index contributed by atoms with van der Waals surface area (Å²) in [6.07, 6.45) is -1.01. The fraction of sp³-hybridized carbons (Fsp3) is 0.167. The maximum absolute atomic E-state index is 12.8. The van der Waals surface area contributed by atoms with Gasteiger partial charge in [0, 0.05) is 22.7 Å². The van der Waals surface area contributed by atoms with Gasteiger partial charge < -0.3 is 0 Å². The molecule has 0 aliphatic rings. The predicted octanol–water partition coefficient (Wildman–Crippen LogP) is 3.79. The Morgan fingerprint density at radius 1 is 1.40 bits per heavy atom. The molecule has 0 fully saturated rings. The number of hydrogen-bond acceptors (Lipinski definition) is 3. The molecular weight excluding hydrogens is 309 g/mol. The standard InChI is InChI=1S/C12H9F3N2OS2/c1-20(8-3-5-19-7-8)17-11(18)9-6-16-4-2-10(9)12(13,14)15/h2-7H,1H3. The molecule has 0 aliphatic heterocycles. The van der Waals surface area contributed by atoms with E-state index in [0.717, 1.165) is 23.4 Å². The van der Waals surface area contributed by atoms with Gasteiger partial charge in [-0.05, 0) is 23.8 Å². The van der Waals surface area contributed by atoms with Crippen molar-refractivity contribution in [1.82, 2.24) is 4.98 Å². The van der Waals surface area contributed by atoms with E-state index in [4.69, 9.17) is 0 Å². The molecule has 106 valence electrons. The molecule has 2 aromatic rings. The zero-order valence-electron chi connectivity index (χ0n) is 10.2. The summed E-state index contributed by atoms with van der Waals surface area (Å²) in [6, 6.07) is 2.57. The summed E-state index contributed by atoms with van der Waals surface area (Å²) in [5.74, 6) is -0.901. The van der Waals surface area contributed by atoms with E-state index in [0.29, 0.717) is 0 Å². The van der Waals surface area contributed by atoms with E-state index in [1.807, 2.05) is 10.8 Å². The van der Waals surface area contributed by atoms with Gasteiger partial charge in [0.05, 0.1) is 11.1 Å². The van der Waals surface area contributed by atoms with Crippen LogP contribution in [0.1, 0.15) is 15.9 Å². The first kappa shape index (κ1) is 14.9. The van der Waals surface area contributed by atoms with Crippen molar-refractivity contribution in [3.05, 3.63) is 46.4 Å². The fourth-order valence-corrected chi connectivity index (χ4v) is 3.50. The first-order chi connectivity index (χ1) is 9.39. The highest BCUT2D eigenvalue weighted by molar-refractivity contribution is 7.87. The molecule has 0 aromatic carbocycles. The van der Waals surface area contributed by atoms with Gasteiger partial charge in [0.15, 0.2) is 0 Å². The van der Waals surface area contributed by atoms with Crippen LogP contribution in [0.4, 0.5) is 13.2 Å². The maximum atomic E-state index is 12.8. The molecule has 0 bridgehead atoms. The normalized spacial score (nSPS) is 13.4. The fourth-order valence-electron chi connectivity index (χ4n) is 1.46. The van der Waals surface area contributed by atoms with Crippen LogP contribution < -0.4 is 0 Å². The second kappa shape index (κ2) is 5.84. The Labute approximate surface area is 119 Å². The van der Waals surface area contributed by atoms with Crippen molar-refractivity contribution < 1.29 is 18.0 Å². The van der Waals surface area contributed by atoms with E-state index in [9.17, 15) is 18.0 Å². The number of hydrogen-bond donors (Lipinski definition) is 0. The van der Waals surface area contributed by atoms with Gasteiger partial charge >= 0.3 is 6.18 Å². The first-order valence-corrected chi connectivity index (χ1v) is 7.88. The van der Waals surface area contributed by atoms with E-state index in [1.165, 1.54) is 11.3 Å². The third-order valence-corrected chi connectivity index (χ3v) is 4.62. The van der Waals surface area contributed by atoms with Crippen molar-refractivity contribution in [1.29, 1.82) is 0 Å². The van der Waals surface area contributed by atoms with Gasteiger partial charge in [-0.25, -0.2) is 0 Å². The van der Waals surface area contributed by atoms with E-state index >= 15 is 0 Å². The summed E-state index contributed by atoms with van der Waals surface area (Å²) in [5, 5.41) is 3.64. The highest BCUT2D eigenvalue weighted by Crippen LogP contribution is 2.31. The molecule has 1 unspecified atom stereocenters. The summed E-state index contributed by atoms with van der Waals surface area (Å²) < 4.78 is 42.2. The van der Waals surface area contributed by atoms with Crippen LogP contribution in [0.3, 0.4) is 0 Å². The van der Waals surface area contributed by atoms with Gasteiger partial charge in [-0.1, -0.05) is 10.7 Å². The molecule has 3 nitrogen and oxygen atoms in total. The molecule has 2 heterocycles. The Kier molecular flexibility index (Phi) is 4.34. The zero-order valence-corrected chi connectivity index (χ0v) is 11.9. The third-order valence-electron chi connectivity index (χ3n) is 2.41. The van der Waals surface area contributed by atoms with Gasteiger partial charge in [0.1, 0.15) is 0 Å². The molecule has 0 aliphatic carbocycles. The monoisotopic (exact) mass is 318 g/mol. The molecule has 20 heavy (non-hydrogen) atoms. The van der Waals surface area contributed by atoms with Crippen molar-refractivity contribution in [2.24, 2.45) is 4.36 Å². The van der Waals surface area contributed by atoms with Crippen molar-refractivity contribution >= 4 is 27.9 Å². The highest BCUT2D eigenvalue weighted by atomic mass is 32.2. The molecule has 2 aromatic heterocycles. The summed E-state index contributed by atoms with van der Waals surface area (Å²) in [6.45, 7) is 0. The first-order valence-electron chi connectivity index (χ1n) is 5.35. The van der Waals surface area contributed by atoms with Gasteiger partial charge in [-0.3, -0.25) is 9.78 Å². The molecular formula is C12H9F3N2OS2. The van der Waals surface area contributed by atoms with Crippen LogP contribution in [-0.4, -0.2) is 17.1 Å². The number of alkyl halides is 3. The van der Waals surface area contributed by atoms with Gasteiger partial charge in [-0.2, -0.15) is 28.9 Å². The minimum atomic E-state index is -4.60. The highest BCUT2D eigenvalue weighted by Gasteiger charge is 2.35. The molecule has 1 atom stereocenters. The summed E-state index contributed by atoms with van der Waals surface area (Å²) >= 11 is 1.44.